The fourth-order valence-electron chi connectivity index (χ4n) is 6.81. The van der Waals surface area contributed by atoms with E-state index in [0.29, 0.717) is 12.0 Å². The Morgan fingerprint density at radius 1 is 0.676 bits per heavy atom. The highest BCUT2D eigenvalue weighted by atomic mass is 35.5. The summed E-state index contributed by atoms with van der Waals surface area (Å²) in [5, 5.41) is 0.0560. The van der Waals surface area contributed by atoms with Crippen molar-refractivity contribution >= 4 is 11.6 Å². The van der Waals surface area contributed by atoms with E-state index in [1.54, 1.807) is 18.2 Å². The lowest BCUT2D eigenvalue weighted by atomic mass is 9.74. The number of unbranched alkanes of at least 4 members (excludes halogenated alkanes) is 2. The molecule has 2 aliphatic rings. The van der Waals surface area contributed by atoms with Crippen molar-refractivity contribution < 1.29 is 13.2 Å². The van der Waals surface area contributed by atoms with Crippen LogP contribution < -0.4 is 0 Å². The largest absolute Gasteiger partial charge is 0.207 e. The minimum atomic E-state index is -0.503. The number of hydrogen-bond acceptors (Lipinski definition) is 0. The van der Waals surface area contributed by atoms with Gasteiger partial charge in [0, 0.05) is 5.56 Å². The second kappa shape index (κ2) is 14.1. The third-order valence-electron chi connectivity index (χ3n) is 9.29. The second-order valence-corrected chi connectivity index (χ2v) is 12.3. The second-order valence-electron chi connectivity index (χ2n) is 11.9. The molecule has 2 saturated carbocycles. The van der Waals surface area contributed by atoms with Crippen molar-refractivity contribution in [2.24, 2.45) is 17.8 Å². The first-order valence-electron chi connectivity index (χ1n) is 14.8. The molecule has 4 heteroatoms. The van der Waals surface area contributed by atoms with E-state index in [9.17, 15) is 13.2 Å². The summed E-state index contributed by atoms with van der Waals surface area (Å²) in [6, 6.07) is 7.62. The number of benzene rings is 2. The molecule has 204 valence electrons. The maximum Gasteiger partial charge on any atom is 0.142 e. The number of halogens is 4. The summed E-state index contributed by atoms with van der Waals surface area (Å²) >= 11 is 5.73. The average Bonchev–Trinajstić information content (AvgIpc) is 2.90. The fourth-order valence-corrected chi connectivity index (χ4v) is 6.93. The molecule has 0 aliphatic heterocycles. The SMILES string of the molecule is CCCCC[C@H]1CC[C@H](CCC2CCC(c3cc(F)c(CCc4ccc(Cl)c(F)c4)c(F)c3)CC2)CC1. The minimum Gasteiger partial charge on any atom is -0.207 e. The van der Waals surface area contributed by atoms with E-state index in [-0.39, 0.29) is 22.9 Å². The Balaban J connectivity index is 1.20. The zero-order chi connectivity index (χ0) is 26.2. The van der Waals surface area contributed by atoms with Crippen LogP contribution in [0.5, 0.6) is 0 Å². The van der Waals surface area contributed by atoms with Gasteiger partial charge in [0.15, 0.2) is 0 Å². The van der Waals surface area contributed by atoms with Gasteiger partial charge in [0.25, 0.3) is 0 Å². The molecule has 2 fully saturated rings. The van der Waals surface area contributed by atoms with Gasteiger partial charge in [-0.05, 0) is 97.6 Å². The first-order chi connectivity index (χ1) is 17.9. The summed E-state index contributed by atoms with van der Waals surface area (Å²) in [4.78, 5) is 0. The fraction of sp³-hybridized carbons (Fsp3) is 0.636. The number of hydrogen-bond donors (Lipinski definition) is 0. The quantitative estimate of drug-likeness (QED) is 0.252. The molecule has 2 aromatic rings. The Hall–Kier alpha value is -1.48. The maximum absolute atomic E-state index is 14.9. The van der Waals surface area contributed by atoms with Gasteiger partial charge in [0.2, 0.25) is 0 Å². The van der Waals surface area contributed by atoms with Crippen LogP contribution in [0.2, 0.25) is 5.02 Å². The molecule has 0 N–H and O–H groups in total. The average molecular weight is 533 g/mol. The number of rotatable bonds is 11. The van der Waals surface area contributed by atoms with Crippen molar-refractivity contribution in [3.8, 4) is 0 Å². The molecule has 0 amide bonds. The third-order valence-corrected chi connectivity index (χ3v) is 9.60. The van der Waals surface area contributed by atoms with Crippen molar-refractivity contribution in [3.63, 3.8) is 0 Å². The van der Waals surface area contributed by atoms with Crippen molar-refractivity contribution in [2.45, 2.75) is 116 Å². The zero-order valence-corrected chi connectivity index (χ0v) is 23.3. The molecule has 0 aromatic heterocycles. The molecule has 0 saturated heterocycles. The van der Waals surface area contributed by atoms with Crippen LogP contribution in [0.15, 0.2) is 30.3 Å². The van der Waals surface area contributed by atoms with Crippen LogP contribution >= 0.6 is 11.6 Å². The van der Waals surface area contributed by atoms with E-state index in [4.69, 9.17) is 11.6 Å². The van der Waals surface area contributed by atoms with Crippen molar-refractivity contribution in [3.05, 3.63) is 69.5 Å². The highest BCUT2D eigenvalue weighted by Crippen LogP contribution is 2.41. The molecule has 0 nitrogen and oxygen atoms in total. The molecule has 0 bridgehead atoms. The lowest BCUT2D eigenvalue weighted by Crippen LogP contribution is -2.18. The smallest absolute Gasteiger partial charge is 0.142 e. The van der Waals surface area contributed by atoms with Crippen LogP contribution in [-0.4, -0.2) is 0 Å². The molecular formula is C33H44ClF3. The van der Waals surface area contributed by atoms with Crippen LogP contribution in [0.25, 0.3) is 0 Å². The maximum atomic E-state index is 14.9. The first-order valence-corrected chi connectivity index (χ1v) is 15.2. The van der Waals surface area contributed by atoms with Crippen molar-refractivity contribution in [1.29, 1.82) is 0 Å². The summed E-state index contributed by atoms with van der Waals surface area (Å²) in [5.74, 6) is 1.46. The zero-order valence-electron chi connectivity index (χ0n) is 22.5. The molecule has 2 aromatic carbocycles. The standard InChI is InChI=1S/C33H44ClF3/c1-2-3-4-5-23-6-8-24(9-7-23)10-11-25-12-16-27(17-13-25)28-21-31(35)29(32(36)22-28)18-14-26-15-19-30(34)33(37)20-26/h15,19-25,27H,2-14,16-18H2,1H3/t23-,24-,25?,27?. The van der Waals surface area contributed by atoms with Gasteiger partial charge in [-0.25, -0.2) is 13.2 Å². The monoisotopic (exact) mass is 532 g/mol. The van der Waals surface area contributed by atoms with Gasteiger partial charge in [0.05, 0.1) is 5.02 Å². The molecular weight excluding hydrogens is 489 g/mol. The topological polar surface area (TPSA) is 0 Å². The summed E-state index contributed by atoms with van der Waals surface area (Å²) in [7, 11) is 0. The number of aryl methyl sites for hydroxylation is 1. The third kappa shape index (κ3) is 8.25. The minimum absolute atomic E-state index is 0.0560. The molecule has 0 heterocycles. The van der Waals surface area contributed by atoms with Crippen LogP contribution in [0.1, 0.15) is 119 Å². The van der Waals surface area contributed by atoms with E-state index < -0.39 is 17.5 Å². The van der Waals surface area contributed by atoms with E-state index in [0.717, 1.165) is 36.2 Å². The van der Waals surface area contributed by atoms with Gasteiger partial charge >= 0.3 is 0 Å². The Morgan fingerprint density at radius 3 is 1.81 bits per heavy atom. The Morgan fingerprint density at radius 2 is 1.24 bits per heavy atom. The Kier molecular flexibility index (Phi) is 10.8. The first kappa shape index (κ1) is 28.5. The van der Waals surface area contributed by atoms with E-state index in [1.807, 2.05) is 0 Å². The van der Waals surface area contributed by atoms with Crippen molar-refractivity contribution in [2.75, 3.05) is 0 Å². The normalized spacial score (nSPS) is 24.4. The van der Waals surface area contributed by atoms with Gasteiger partial charge in [-0.3, -0.25) is 0 Å². The van der Waals surface area contributed by atoms with Crippen LogP contribution in [0.3, 0.4) is 0 Å². The highest BCUT2D eigenvalue weighted by Gasteiger charge is 2.26. The lowest BCUT2D eigenvalue weighted by molar-refractivity contribution is 0.222. The van der Waals surface area contributed by atoms with Gasteiger partial charge in [-0.15, -0.1) is 0 Å². The molecule has 0 spiro atoms. The molecule has 37 heavy (non-hydrogen) atoms. The Bertz CT molecular complexity index is 964. The Labute approximate surface area is 227 Å². The predicted octanol–water partition coefficient (Wildman–Crippen LogP) is 11.0. The lowest BCUT2D eigenvalue weighted by Gasteiger charge is -2.32. The van der Waals surface area contributed by atoms with E-state index >= 15 is 0 Å². The van der Waals surface area contributed by atoms with E-state index in [1.165, 1.54) is 89.2 Å². The summed E-state index contributed by atoms with van der Waals surface area (Å²) in [6.07, 6.45) is 18.9. The highest BCUT2D eigenvalue weighted by molar-refractivity contribution is 6.30. The van der Waals surface area contributed by atoms with Crippen LogP contribution in [0, 0.1) is 35.2 Å². The summed E-state index contributed by atoms with van der Waals surface area (Å²) in [6.45, 7) is 2.28. The molecule has 2 aliphatic carbocycles. The molecule has 4 rings (SSSR count). The van der Waals surface area contributed by atoms with Gasteiger partial charge in [0.1, 0.15) is 17.5 Å². The van der Waals surface area contributed by atoms with E-state index in [2.05, 4.69) is 6.92 Å². The molecule has 0 unspecified atom stereocenters. The van der Waals surface area contributed by atoms with Gasteiger partial charge in [-0.1, -0.05) is 88.8 Å². The molecule has 0 radical (unpaired) electrons. The summed E-state index contributed by atoms with van der Waals surface area (Å²) < 4.78 is 43.5. The predicted molar refractivity (Wildman–Crippen MR) is 149 cm³/mol. The van der Waals surface area contributed by atoms with Gasteiger partial charge in [-0.2, -0.15) is 0 Å². The van der Waals surface area contributed by atoms with Crippen LogP contribution in [-0.2, 0) is 12.8 Å². The van der Waals surface area contributed by atoms with Crippen LogP contribution in [0.4, 0.5) is 13.2 Å². The van der Waals surface area contributed by atoms with Gasteiger partial charge < -0.3 is 0 Å². The summed E-state index contributed by atoms with van der Waals surface area (Å²) in [5.41, 5.74) is 1.58. The molecule has 0 atom stereocenters. The van der Waals surface area contributed by atoms with Crippen molar-refractivity contribution in [1.82, 2.24) is 0 Å².